The predicted octanol–water partition coefficient (Wildman–Crippen LogP) is 5.11. The average molecular weight is 350 g/mol. The summed E-state index contributed by atoms with van der Waals surface area (Å²) in [6.45, 7) is 1.04. The molecule has 0 radical (unpaired) electrons. The highest BCUT2D eigenvalue weighted by Gasteiger charge is 2.31. The van der Waals surface area contributed by atoms with Crippen molar-refractivity contribution in [2.75, 3.05) is 11.0 Å². The van der Waals surface area contributed by atoms with Gasteiger partial charge in [0.05, 0.1) is 12.2 Å². The van der Waals surface area contributed by atoms with Gasteiger partial charge in [-0.05, 0) is 31.6 Å². The Balaban J connectivity index is 1.80. The third kappa shape index (κ3) is 4.38. The van der Waals surface area contributed by atoms with E-state index >= 15 is 0 Å². The van der Waals surface area contributed by atoms with Gasteiger partial charge < -0.3 is 4.74 Å². The van der Waals surface area contributed by atoms with Crippen molar-refractivity contribution in [3.05, 3.63) is 0 Å². The smallest absolute Gasteiger partial charge is 0.0771 e. The number of hydrogen-bond donors (Lipinski definition) is 0. The summed E-state index contributed by atoms with van der Waals surface area (Å²) in [5, 5.41) is 0. The van der Waals surface area contributed by atoms with Gasteiger partial charge in [-0.1, -0.05) is 67.5 Å². The summed E-state index contributed by atoms with van der Waals surface area (Å²) in [5.74, 6) is 0.867. The SMILES string of the molecule is ICC1(OCC2CCCCC2)CCCCCC1. The highest BCUT2D eigenvalue weighted by atomic mass is 127. The molecule has 17 heavy (non-hydrogen) atoms. The maximum Gasteiger partial charge on any atom is 0.0771 e. The van der Waals surface area contributed by atoms with Crippen LogP contribution in [0.5, 0.6) is 0 Å². The fourth-order valence-corrected chi connectivity index (χ4v) is 4.32. The van der Waals surface area contributed by atoms with Gasteiger partial charge >= 0.3 is 0 Å². The number of rotatable bonds is 4. The number of alkyl halides is 1. The quantitative estimate of drug-likeness (QED) is 0.389. The van der Waals surface area contributed by atoms with Gasteiger partial charge in [-0.2, -0.15) is 0 Å². The van der Waals surface area contributed by atoms with Crippen LogP contribution in [-0.4, -0.2) is 16.6 Å². The lowest BCUT2D eigenvalue weighted by molar-refractivity contribution is -0.0564. The van der Waals surface area contributed by atoms with Crippen LogP contribution in [0, 0.1) is 5.92 Å². The number of ether oxygens (including phenoxy) is 1. The number of halogens is 1. The Bertz CT molecular complexity index is 203. The molecule has 0 saturated heterocycles. The summed E-state index contributed by atoms with van der Waals surface area (Å²) < 4.78 is 7.62. The minimum absolute atomic E-state index is 0.245. The lowest BCUT2D eigenvalue weighted by Crippen LogP contribution is -2.36. The van der Waals surface area contributed by atoms with Gasteiger partial charge in [0.15, 0.2) is 0 Å². The molecule has 0 atom stereocenters. The molecule has 0 heterocycles. The fraction of sp³-hybridized carbons (Fsp3) is 1.00. The Kier molecular flexibility index (Phi) is 6.07. The third-order valence-electron chi connectivity index (χ3n) is 4.61. The van der Waals surface area contributed by atoms with E-state index in [4.69, 9.17) is 4.74 Å². The van der Waals surface area contributed by atoms with Gasteiger partial charge in [-0.15, -0.1) is 0 Å². The monoisotopic (exact) mass is 350 g/mol. The summed E-state index contributed by atoms with van der Waals surface area (Å²) in [4.78, 5) is 0. The average Bonchev–Trinajstić information content (AvgIpc) is 2.64. The van der Waals surface area contributed by atoms with Gasteiger partial charge in [-0.25, -0.2) is 0 Å². The molecule has 2 heteroatoms. The highest BCUT2D eigenvalue weighted by Crippen LogP contribution is 2.34. The van der Waals surface area contributed by atoms with Crippen LogP contribution in [0.25, 0.3) is 0 Å². The van der Waals surface area contributed by atoms with E-state index in [9.17, 15) is 0 Å². The number of hydrogen-bond acceptors (Lipinski definition) is 1. The summed E-state index contributed by atoms with van der Waals surface area (Å²) in [7, 11) is 0. The summed E-state index contributed by atoms with van der Waals surface area (Å²) in [6.07, 6.45) is 15.4. The fourth-order valence-electron chi connectivity index (χ4n) is 3.34. The Morgan fingerprint density at radius 3 is 2.06 bits per heavy atom. The maximum absolute atomic E-state index is 6.43. The van der Waals surface area contributed by atoms with E-state index in [1.807, 2.05) is 0 Å². The molecule has 2 aliphatic carbocycles. The molecule has 0 aromatic rings. The second-order valence-corrected chi connectivity index (χ2v) is 6.81. The topological polar surface area (TPSA) is 9.23 Å². The molecular weight excluding hydrogens is 323 g/mol. The zero-order valence-electron chi connectivity index (χ0n) is 11.1. The Morgan fingerprint density at radius 2 is 1.47 bits per heavy atom. The third-order valence-corrected chi connectivity index (χ3v) is 6.00. The van der Waals surface area contributed by atoms with E-state index < -0.39 is 0 Å². The Labute approximate surface area is 120 Å². The highest BCUT2D eigenvalue weighted by molar-refractivity contribution is 14.1. The zero-order valence-corrected chi connectivity index (χ0v) is 13.2. The van der Waals surface area contributed by atoms with Crippen molar-refractivity contribution in [3.8, 4) is 0 Å². The molecule has 0 N–H and O–H groups in total. The van der Waals surface area contributed by atoms with Crippen LogP contribution in [-0.2, 0) is 4.74 Å². The van der Waals surface area contributed by atoms with Crippen molar-refractivity contribution < 1.29 is 4.74 Å². The lowest BCUT2D eigenvalue weighted by atomic mass is 9.89. The molecule has 0 aliphatic heterocycles. The molecule has 0 unspecified atom stereocenters. The van der Waals surface area contributed by atoms with E-state index in [2.05, 4.69) is 22.6 Å². The van der Waals surface area contributed by atoms with Crippen LogP contribution in [0.1, 0.15) is 70.6 Å². The van der Waals surface area contributed by atoms with Crippen LogP contribution in [0.4, 0.5) is 0 Å². The van der Waals surface area contributed by atoms with Crippen LogP contribution in [0.3, 0.4) is 0 Å². The molecular formula is C15H27IO. The van der Waals surface area contributed by atoms with Crippen molar-refractivity contribution in [1.29, 1.82) is 0 Å². The largest absolute Gasteiger partial charge is 0.374 e. The molecule has 2 rings (SSSR count). The van der Waals surface area contributed by atoms with Gasteiger partial charge in [0.2, 0.25) is 0 Å². The molecule has 0 amide bonds. The molecule has 0 aromatic heterocycles. The first-order chi connectivity index (χ1) is 8.35. The molecule has 2 aliphatic rings. The van der Waals surface area contributed by atoms with Crippen molar-refractivity contribution >= 4 is 22.6 Å². The van der Waals surface area contributed by atoms with Crippen molar-refractivity contribution in [2.24, 2.45) is 5.92 Å². The van der Waals surface area contributed by atoms with Crippen LogP contribution >= 0.6 is 22.6 Å². The first kappa shape index (κ1) is 14.1. The minimum atomic E-state index is 0.245. The van der Waals surface area contributed by atoms with Crippen molar-refractivity contribution in [1.82, 2.24) is 0 Å². The second-order valence-electron chi connectivity index (χ2n) is 6.05. The summed E-state index contributed by atoms with van der Waals surface area (Å²) in [5.41, 5.74) is 0.245. The Morgan fingerprint density at radius 1 is 0.882 bits per heavy atom. The van der Waals surface area contributed by atoms with Gasteiger partial charge in [0, 0.05) is 4.43 Å². The van der Waals surface area contributed by atoms with E-state index in [0.717, 1.165) is 12.5 Å². The first-order valence-corrected chi connectivity index (χ1v) is 9.07. The minimum Gasteiger partial charge on any atom is -0.374 e. The van der Waals surface area contributed by atoms with Gasteiger partial charge in [-0.3, -0.25) is 0 Å². The van der Waals surface area contributed by atoms with Crippen molar-refractivity contribution in [2.45, 2.75) is 76.2 Å². The maximum atomic E-state index is 6.43. The van der Waals surface area contributed by atoms with Crippen LogP contribution < -0.4 is 0 Å². The van der Waals surface area contributed by atoms with E-state index in [-0.39, 0.29) is 5.60 Å². The Hall–Kier alpha value is 0.690. The van der Waals surface area contributed by atoms with Crippen LogP contribution in [0.15, 0.2) is 0 Å². The molecule has 0 spiro atoms. The standard InChI is InChI=1S/C15H27IO/c16-13-15(10-6-1-2-7-11-15)17-12-14-8-4-3-5-9-14/h14H,1-13H2. The molecule has 0 aromatic carbocycles. The summed E-state index contributed by atoms with van der Waals surface area (Å²) >= 11 is 2.55. The van der Waals surface area contributed by atoms with Gasteiger partial charge in [0.1, 0.15) is 0 Å². The second kappa shape index (κ2) is 7.32. The summed E-state index contributed by atoms with van der Waals surface area (Å²) in [6, 6.07) is 0. The molecule has 0 bridgehead atoms. The van der Waals surface area contributed by atoms with E-state index in [1.165, 1.54) is 75.1 Å². The van der Waals surface area contributed by atoms with E-state index in [0.29, 0.717) is 0 Å². The van der Waals surface area contributed by atoms with E-state index in [1.54, 1.807) is 0 Å². The molecule has 100 valence electrons. The van der Waals surface area contributed by atoms with Crippen molar-refractivity contribution in [3.63, 3.8) is 0 Å². The molecule has 2 fully saturated rings. The normalized spacial score (nSPS) is 26.6. The zero-order chi connectivity index (χ0) is 12.0. The van der Waals surface area contributed by atoms with Crippen LogP contribution in [0.2, 0.25) is 0 Å². The van der Waals surface area contributed by atoms with Gasteiger partial charge in [0.25, 0.3) is 0 Å². The lowest BCUT2D eigenvalue weighted by Gasteiger charge is -2.34. The first-order valence-electron chi connectivity index (χ1n) is 7.55. The predicted molar refractivity (Wildman–Crippen MR) is 81.8 cm³/mol. The molecule has 2 saturated carbocycles. The molecule has 1 nitrogen and oxygen atoms in total.